The van der Waals surface area contributed by atoms with Crippen LogP contribution in [0.3, 0.4) is 0 Å². The SMILES string of the molecule is CC(C)(C)c1ccc(COC(=O)N/C=C/c2ccco2)cc1. The van der Waals surface area contributed by atoms with Gasteiger partial charge in [-0.25, -0.2) is 4.79 Å². The van der Waals surface area contributed by atoms with Gasteiger partial charge in [0.15, 0.2) is 0 Å². The average Bonchev–Trinajstić information content (AvgIpc) is 2.98. The Bertz CT molecular complexity index is 619. The third kappa shape index (κ3) is 4.81. The summed E-state index contributed by atoms with van der Waals surface area (Å²) in [5, 5.41) is 2.53. The molecule has 0 atom stereocenters. The number of furan rings is 1. The van der Waals surface area contributed by atoms with E-state index in [0.717, 1.165) is 5.56 Å². The Hall–Kier alpha value is -2.49. The molecular formula is C18H21NO3. The molecule has 0 unspecified atom stereocenters. The molecule has 0 bridgehead atoms. The lowest BCUT2D eigenvalue weighted by atomic mass is 9.87. The highest BCUT2D eigenvalue weighted by Gasteiger charge is 2.12. The second kappa shape index (κ2) is 6.98. The van der Waals surface area contributed by atoms with E-state index in [9.17, 15) is 4.79 Å². The van der Waals surface area contributed by atoms with E-state index >= 15 is 0 Å². The monoisotopic (exact) mass is 299 g/mol. The van der Waals surface area contributed by atoms with Gasteiger partial charge in [0.1, 0.15) is 12.4 Å². The molecule has 1 aromatic carbocycles. The summed E-state index contributed by atoms with van der Waals surface area (Å²) in [5.41, 5.74) is 2.33. The van der Waals surface area contributed by atoms with Crippen LogP contribution in [-0.2, 0) is 16.8 Å². The van der Waals surface area contributed by atoms with Crippen molar-refractivity contribution in [1.29, 1.82) is 0 Å². The molecule has 116 valence electrons. The largest absolute Gasteiger partial charge is 0.465 e. The molecule has 1 aromatic heterocycles. The summed E-state index contributed by atoms with van der Waals surface area (Å²) in [5.74, 6) is 0.665. The molecule has 22 heavy (non-hydrogen) atoms. The number of hydrogen-bond donors (Lipinski definition) is 1. The van der Waals surface area contributed by atoms with E-state index in [1.54, 1.807) is 24.5 Å². The number of carbonyl (C=O) groups is 1. The topological polar surface area (TPSA) is 51.5 Å². The minimum Gasteiger partial charge on any atom is -0.465 e. The fourth-order valence-electron chi connectivity index (χ4n) is 1.87. The molecule has 0 radical (unpaired) electrons. The predicted octanol–water partition coefficient (Wildman–Crippen LogP) is 4.47. The van der Waals surface area contributed by atoms with Crippen molar-refractivity contribution >= 4 is 12.2 Å². The van der Waals surface area contributed by atoms with Crippen LogP contribution in [0.1, 0.15) is 37.7 Å². The van der Waals surface area contributed by atoms with Crippen LogP contribution in [0, 0.1) is 0 Å². The van der Waals surface area contributed by atoms with Crippen LogP contribution in [0.4, 0.5) is 4.79 Å². The van der Waals surface area contributed by atoms with Crippen LogP contribution in [0.15, 0.2) is 53.3 Å². The number of carbonyl (C=O) groups excluding carboxylic acids is 1. The van der Waals surface area contributed by atoms with Crippen LogP contribution >= 0.6 is 0 Å². The summed E-state index contributed by atoms with van der Waals surface area (Å²) in [4.78, 5) is 11.6. The maximum Gasteiger partial charge on any atom is 0.411 e. The summed E-state index contributed by atoms with van der Waals surface area (Å²) in [6, 6.07) is 11.7. The van der Waals surface area contributed by atoms with Crippen molar-refractivity contribution < 1.29 is 13.9 Å². The lowest BCUT2D eigenvalue weighted by Crippen LogP contribution is -2.18. The van der Waals surface area contributed by atoms with Crippen molar-refractivity contribution in [1.82, 2.24) is 5.32 Å². The van der Waals surface area contributed by atoms with Crippen molar-refractivity contribution in [3.63, 3.8) is 0 Å². The number of nitrogens with one attached hydrogen (secondary N) is 1. The summed E-state index contributed by atoms with van der Waals surface area (Å²) in [7, 11) is 0. The fourth-order valence-corrected chi connectivity index (χ4v) is 1.87. The number of alkyl carbamates (subject to hydrolysis) is 1. The molecular weight excluding hydrogens is 278 g/mol. The Morgan fingerprint density at radius 3 is 2.55 bits per heavy atom. The Balaban J connectivity index is 1.78. The maximum absolute atomic E-state index is 11.6. The van der Waals surface area contributed by atoms with Gasteiger partial charge in [0, 0.05) is 6.20 Å². The molecule has 4 heteroatoms. The van der Waals surface area contributed by atoms with Crippen molar-refractivity contribution in [2.75, 3.05) is 0 Å². The van der Waals surface area contributed by atoms with Crippen LogP contribution in [-0.4, -0.2) is 6.09 Å². The molecule has 4 nitrogen and oxygen atoms in total. The molecule has 1 N–H and O–H groups in total. The first-order valence-electron chi connectivity index (χ1n) is 7.18. The van der Waals surface area contributed by atoms with Gasteiger partial charge in [-0.05, 0) is 34.8 Å². The second-order valence-corrected chi connectivity index (χ2v) is 6.02. The fraction of sp³-hybridized carbons (Fsp3) is 0.278. The highest BCUT2D eigenvalue weighted by atomic mass is 16.5. The quantitative estimate of drug-likeness (QED) is 0.906. The van der Waals surface area contributed by atoms with Crippen molar-refractivity contribution in [2.24, 2.45) is 0 Å². The second-order valence-electron chi connectivity index (χ2n) is 6.02. The van der Waals surface area contributed by atoms with Crippen LogP contribution < -0.4 is 5.32 Å². The molecule has 0 saturated carbocycles. The molecule has 2 aromatic rings. The van der Waals surface area contributed by atoms with Gasteiger partial charge in [-0.2, -0.15) is 0 Å². The Labute approximate surface area is 130 Å². The summed E-state index contributed by atoms with van der Waals surface area (Å²) < 4.78 is 10.2. The molecule has 0 aliphatic heterocycles. The zero-order chi connectivity index (χ0) is 16.0. The number of hydrogen-bond acceptors (Lipinski definition) is 3. The first-order valence-corrected chi connectivity index (χ1v) is 7.18. The summed E-state index contributed by atoms with van der Waals surface area (Å²) >= 11 is 0. The van der Waals surface area contributed by atoms with Gasteiger partial charge in [-0.15, -0.1) is 0 Å². The third-order valence-electron chi connectivity index (χ3n) is 3.18. The van der Waals surface area contributed by atoms with Gasteiger partial charge in [-0.1, -0.05) is 45.0 Å². The number of amides is 1. The molecule has 1 amide bonds. The van der Waals surface area contributed by atoms with Gasteiger partial charge in [-0.3, -0.25) is 5.32 Å². The maximum atomic E-state index is 11.6. The van der Waals surface area contributed by atoms with E-state index in [0.29, 0.717) is 5.76 Å². The lowest BCUT2D eigenvalue weighted by molar-refractivity contribution is 0.143. The van der Waals surface area contributed by atoms with Gasteiger partial charge >= 0.3 is 6.09 Å². The Morgan fingerprint density at radius 2 is 1.95 bits per heavy atom. The smallest absolute Gasteiger partial charge is 0.411 e. The van der Waals surface area contributed by atoms with Gasteiger partial charge < -0.3 is 9.15 Å². The molecule has 2 rings (SSSR count). The van der Waals surface area contributed by atoms with E-state index in [1.165, 1.54) is 11.8 Å². The molecule has 1 heterocycles. The summed E-state index contributed by atoms with van der Waals surface area (Å²) in [6.45, 7) is 6.73. The summed E-state index contributed by atoms with van der Waals surface area (Å²) in [6.07, 6.45) is 4.21. The van der Waals surface area contributed by atoms with Crippen LogP contribution in [0.2, 0.25) is 0 Å². The average molecular weight is 299 g/mol. The van der Waals surface area contributed by atoms with E-state index in [1.807, 2.05) is 12.1 Å². The minimum absolute atomic E-state index is 0.118. The number of benzene rings is 1. The third-order valence-corrected chi connectivity index (χ3v) is 3.18. The predicted molar refractivity (Wildman–Crippen MR) is 86.2 cm³/mol. The molecule has 0 spiro atoms. The van der Waals surface area contributed by atoms with E-state index in [4.69, 9.17) is 9.15 Å². The van der Waals surface area contributed by atoms with E-state index in [2.05, 4.69) is 38.2 Å². The van der Waals surface area contributed by atoms with Gasteiger partial charge in [0.25, 0.3) is 0 Å². The normalized spacial score (nSPS) is 11.6. The number of ether oxygens (including phenoxy) is 1. The zero-order valence-corrected chi connectivity index (χ0v) is 13.1. The molecule has 0 aliphatic rings. The van der Waals surface area contributed by atoms with Crippen molar-refractivity contribution in [3.8, 4) is 0 Å². The van der Waals surface area contributed by atoms with Gasteiger partial charge in [0.05, 0.1) is 6.26 Å². The van der Waals surface area contributed by atoms with E-state index < -0.39 is 6.09 Å². The number of rotatable bonds is 4. The molecule has 0 aliphatic carbocycles. The van der Waals surface area contributed by atoms with Gasteiger partial charge in [0.2, 0.25) is 0 Å². The lowest BCUT2D eigenvalue weighted by Gasteiger charge is -2.19. The molecule has 0 saturated heterocycles. The first-order chi connectivity index (χ1) is 10.4. The van der Waals surface area contributed by atoms with E-state index in [-0.39, 0.29) is 12.0 Å². The first kappa shape index (κ1) is 15.9. The standard InChI is InChI=1S/C18H21NO3/c1-18(2,3)15-8-6-14(7-9-15)13-22-17(20)19-11-10-16-5-4-12-21-16/h4-12H,13H2,1-3H3,(H,19,20)/b11-10+. The van der Waals surface area contributed by atoms with Crippen molar-refractivity contribution in [3.05, 3.63) is 65.7 Å². The highest BCUT2D eigenvalue weighted by Crippen LogP contribution is 2.22. The zero-order valence-electron chi connectivity index (χ0n) is 13.1. The molecule has 0 fully saturated rings. The van der Waals surface area contributed by atoms with Crippen molar-refractivity contribution in [2.45, 2.75) is 32.8 Å². The van der Waals surface area contributed by atoms with Crippen LogP contribution in [0.25, 0.3) is 6.08 Å². The Kier molecular flexibility index (Phi) is 5.04. The van der Waals surface area contributed by atoms with Crippen LogP contribution in [0.5, 0.6) is 0 Å². The Morgan fingerprint density at radius 1 is 1.23 bits per heavy atom. The minimum atomic E-state index is -0.497. The highest BCUT2D eigenvalue weighted by molar-refractivity contribution is 5.69.